The van der Waals surface area contributed by atoms with E-state index in [1.165, 1.54) is 24.6 Å². The van der Waals surface area contributed by atoms with Crippen LogP contribution in [0.15, 0.2) is 41.4 Å². The summed E-state index contributed by atoms with van der Waals surface area (Å²) in [6.45, 7) is 1.57. The number of hydrogen-bond donors (Lipinski definition) is 0. The van der Waals surface area contributed by atoms with E-state index in [-0.39, 0.29) is 10.6 Å². The molecule has 0 aliphatic carbocycles. The highest BCUT2D eigenvalue weighted by atomic mass is 32.2. The first-order valence-corrected chi connectivity index (χ1v) is 9.77. The molecule has 1 aliphatic heterocycles. The van der Waals surface area contributed by atoms with Crippen molar-refractivity contribution in [1.82, 2.24) is 9.29 Å². The van der Waals surface area contributed by atoms with Gasteiger partial charge in [-0.3, -0.25) is 0 Å². The second-order valence-electron chi connectivity index (χ2n) is 5.92. The van der Waals surface area contributed by atoms with Gasteiger partial charge in [-0.05, 0) is 24.3 Å². The predicted molar refractivity (Wildman–Crippen MR) is 99.5 cm³/mol. The van der Waals surface area contributed by atoms with Crippen molar-refractivity contribution in [3.05, 3.63) is 42.1 Å². The number of piperazine rings is 1. The maximum atomic E-state index is 13.1. The van der Waals surface area contributed by atoms with Crippen LogP contribution in [0.5, 0.6) is 11.5 Å². The lowest BCUT2D eigenvalue weighted by atomic mass is 10.2. The number of hydrogen-bond acceptors (Lipinski definition) is 7. The minimum atomic E-state index is -3.73. The topological polar surface area (TPSA) is 95.8 Å². The van der Waals surface area contributed by atoms with Crippen LogP contribution in [0.4, 0.5) is 5.82 Å². The Morgan fingerprint density at radius 1 is 1.07 bits per heavy atom. The van der Waals surface area contributed by atoms with Gasteiger partial charge in [0.05, 0.1) is 25.9 Å². The third kappa shape index (κ3) is 3.82. The number of anilines is 1. The third-order valence-electron chi connectivity index (χ3n) is 4.43. The molecular formula is C18H20N4O4S. The van der Waals surface area contributed by atoms with E-state index >= 15 is 0 Å². The smallest absolute Gasteiger partial charge is 0.247 e. The minimum absolute atomic E-state index is 0.0856. The first-order chi connectivity index (χ1) is 13.0. The maximum absolute atomic E-state index is 13.1. The zero-order chi connectivity index (χ0) is 19.4. The van der Waals surface area contributed by atoms with E-state index in [9.17, 15) is 8.42 Å². The van der Waals surface area contributed by atoms with E-state index < -0.39 is 10.0 Å². The Kier molecular flexibility index (Phi) is 5.48. The molecule has 2 heterocycles. The molecule has 0 spiro atoms. The van der Waals surface area contributed by atoms with Gasteiger partial charge in [-0.2, -0.15) is 9.57 Å². The zero-order valence-corrected chi connectivity index (χ0v) is 15.9. The molecule has 1 aliphatic rings. The van der Waals surface area contributed by atoms with Crippen molar-refractivity contribution in [3.8, 4) is 17.6 Å². The van der Waals surface area contributed by atoms with Gasteiger partial charge in [-0.1, -0.05) is 0 Å². The first kappa shape index (κ1) is 18.9. The molecule has 1 aromatic carbocycles. The van der Waals surface area contributed by atoms with Gasteiger partial charge in [0, 0.05) is 38.4 Å². The third-order valence-corrected chi connectivity index (χ3v) is 6.35. The Morgan fingerprint density at radius 3 is 2.44 bits per heavy atom. The van der Waals surface area contributed by atoms with Crippen LogP contribution in [-0.4, -0.2) is 58.1 Å². The molecular weight excluding hydrogens is 368 g/mol. The molecule has 9 heteroatoms. The maximum Gasteiger partial charge on any atom is 0.247 e. The fourth-order valence-electron chi connectivity index (χ4n) is 2.94. The van der Waals surface area contributed by atoms with Gasteiger partial charge in [0.15, 0.2) is 0 Å². The van der Waals surface area contributed by atoms with Crippen molar-refractivity contribution >= 4 is 15.8 Å². The highest BCUT2D eigenvalue weighted by Crippen LogP contribution is 2.31. The Labute approximate surface area is 158 Å². The number of aromatic nitrogens is 1. The summed E-state index contributed by atoms with van der Waals surface area (Å²) < 4.78 is 38.0. The van der Waals surface area contributed by atoms with E-state index in [2.05, 4.69) is 11.1 Å². The summed E-state index contributed by atoms with van der Waals surface area (Å²) >= 11 is 0. The van der Waals surface area contributed by atoms with Gasteiger partial charge < -0.3 is 14.4 Å². The van der Waals surface area contributed by atoms with Crippen molar-refractivity contribution < 1.29 is 17.9 Å². The number of sulfonamides is 1. The van der Waals surface area contributed by atoms with Crippen LogP contribution < -0.4 is 14.4 Å². The van der Waals surface area contributed by atoms with Crippen molar-refractivity contribution in [2.24, 2.45) is 0 Å². The summed E-state index contributed by atoms with van der Waals surface area (Å²) in [5.74, 6) is 1.40. The molecule has 0 radical (unpaired) electrons. The summed E-state index contributed by atoms with van der Waals surface area (Å²) in [7, 11) is -0.804. The minimum Gasteiger partial charge on any atom is -0.497 e. The Morgan fingerprint density at radius 2 is 1.81 bits per heavy atom. The van der Waals surface area contributed by atoms with Crippen molar-refractivity contribution in [2.75, 3.05) is 45.3 Å². The average Bonchev–Trinajstić information content (AvgIpc) is 2.73. The van der Waals surface area contributed by atoms with Crippen LogP contribution in [0.1, 0.15) is 5.56 Å². The number of benzene rings is 1. The molecule has 0 unspecified atom stereocenters. The van der Waals surface area contributed by atoms with E-state index in [4.69, 9.17) is 14.7 Å². The van der Waals surface area contributed by atoms with E-state index in [0.29, 0.717) is 43.3 Å². The number of pyridine rings is 1. The lowest BCUT2D eigenvalue weighted by Gasteiger charge is -2.34. The Bertz CT molecular complexity index is 964. The summed E-state index contributed by atoms with van der Waals surface area (Å²) in [6, 6.07) is 10.1. The molecule has 1 saturated heterocycles. The number of nitriles is 1. The Balaban J connectivity index is 1.80. The van der Waals surface area contributed by atoms with Crippen LogP contribution in [-0.2, 0) is 10.0 Å². The molecule has 3 rings (SSSR count). The van der Waals surface area contributed by atoms with Gasteiger partial charge in [-0.25, -0.2) is 13.4 Å². The van der Waals surface area contributed by atoms with E-state index in [1.54, 1.807) is 30.5 Å². The second-order valence-corrected chi connectivity index (χ2v) is 7.83. The molecule has 1 aromatic heterocycles. The fourth-order valence-corrected chi connectivity index (χ4v) is 4.54. The van der Waals surface area contributed by atoms with Crippen molar-refractivity contribution in [1.29, 1.82) is 5.26 Å². The van der Waals surface area contributed by atoms with Crippen LogP contribution in [0.3, 0.4) is 0 Å². The highest BCUT2D eigenvalue weighted by Gasteiger charge is 2.31. The van der Waals surface area contributed by atoms with Crippen LogP contribution in [0.25, 0.3) is 0 Å². The highest BCUT2D eigenvalue weighted by molar-refractivity contribution is 7.89. The van der Waals surface area contributed by atoms with Gasteiger partial charge >= 0.3 is 0 Å². The van der Waals surface area contributed by atoms with Gasteiger partial charge in [-0.15, -0.1) is 0 Å². The molecule has 8 nitrogen and oxygen atoms in total. The first-order valence-electron chi connectivity index (χ1n) is 8.33. The molecule has 0 atom stereocenters. The standard InChI is InChI=1S/C18H20N4O4S/c1-25-15-3-4-16(26-2)17(12-15)27(23,24)22-9-7-21(8-10-22)18-11-14(13-19)5-6-20-18/h3-6,11-12H,7-10H2,1-2H3. The number of methoxy groups -OCH3 is 2. The number of rotatable bonds is 5. The molecule has 27 heavy (non-hydrogen) atoms. The summed E-state index contributed by atoms with van der Waals surface area (Å²) in [5.41, 5.74) is 0.524. The molecule has 1 fully saturated rings. The Hall–Kier alpha value is -2.83. The van der Waals surface area contributed by atoms with Crippen LogP contribution >= 0.6 is 0 Å². The lowest BCUT2D eigenvalue weighted by molar-refractivity contribution is 0.370. The molecule has 0 saturated carbocycles. The SMILES string of the molecule is COc1ccc(OC)c(S(=O)(=O)N2CCN(c3cc(C#N)ccn3)CC2)c1. The van der Waals surface area contributed by atoms with Gasteiger partial charge in [0.2, 0.25) is 10.0 Å². The van der Waals surface area contributed by atoms with Gasteiger partial charge in [0.25, 0.3) is 0 Å². The largest absolute Gasteiger partial charge is 0.497 e. The monoisotopic (exact) mass is 388 g/mol. The summed E-state index contributed by atoms with van der Waals surface area (Å²) in [6.07, 6.45) is 1.58. The molecule has 0 N–H and O–H groups in total. The number of ether oxygens (including phenoxy) is 2. The predicted octanol–water partition coefficient (Wildman–Crippen LogP) is 1.48. The van der Waals surface area contributed by atoms with Crippen LogP contribution in [0, 0.1) is 11.3 Å². The molecule has 2 aromatic rings. The number of nitrogens with zero attached hydrogens (tertiary/aromatic N) is 4. The summed E-state index contributed by atoms with van der Waals surface area (Å²) in [5, 5.41) is 9.02. The average molecular weight is 388 g/mol. The van der Waals surface area contributed by atoms with Crippen LogP contribution in [0.2, 0.25) is 0 Å². The molecule has 142 valence electrons. The molecule has 0 bridgehead atoms. The quantitative estimate of drug-likeness (QED) is 0.765. The second kappa shape index (κ2) is 7.82. The lowest BCUT2D eigenvalue weighted by Crippen LogP contribution is -2.49. The zero-order valence-electron chi connectivity index (χ0n) is 15.1. The van der Waals surface area contributed by atoms with Crippen molar-refractivity contribution in [2.45, 2.75) is 4.90 Å². The van der Waals surface area contributed by atoms with E-state index in [0.717, 1.165) is 0 Å². The van der Waals surface area contributed by atoms with Crippen molar-refractivity contribution in [3.63, 3.8) is 0 Å². The normalized spacial score (nSPS) is 15.2. The van der Waals surface area contributed by atoms with E-state index in [1.807, 2.05) is 4.90 Å². The van der Waals surface area contributed by atoms with Gasteiger partial charge in [0.1, 0.15) is 22.2 Å². The summed E-state index contributed by atoms with van der Waals surface area (Å²) in [4.78, 5) is 6.33. The molecule has 0 amide bonds. The fraction of sp³-hybridized carbons (Fsp3) is 0.333.